The molecule has 5 heteroatoms. The minimum absolute atomic E-state index is 0.00812. The third-order valence-corrected chi connectivity index (χ3v) is 2.94. The van der Waals surface area contributed by atoms with Crippen LogP contribution in [0.3, 0.4) is 0 Å². The number of carbonyl (C=O) groups is 2. The predicted molar refractivity (Wildman–Crippen MR) is 76.3 cm³/mol. The molecule has 2 N–H and O–H groups in total. The molecule has 0 fully saturated rings. The van der Waals surface area contributed by atoms with Crippen LogP contribution in [0.5, 0.6) is 0 Å². The summed E-state index contributed by atoms with van der Waals surface area (Å²) in [5, 5.41) is 17.6. The third-order valence-electron chi connectivity index (χ3n) is 2.94. The minimum Gasteiger partial charge on any atom is -0.478 e. The van der Waals surface area contributed by atoms with Crippen molar-refractivity contribution in [2.75, 3.05) is 13.2 Å². The van der Waals surface area contributed by atoms with Gasteiger partial charge in [-0.2, -0.15) is 0 Å². The quantitative estimate of drug-likeness (QED) is 0.502. The fraction of sp³-hybridized carbons (Fsp3) is 0.600. The second kappa shape index (κ2) is 10.2. The summed E-state index contributed by atoms with van der Waals surface area (Å²) in [5.41, 5.74) is 1.59. The van der Waals surface area contributed by atoms with E-state index in [1.54, 1.807) is 19.9 Å². The van der Waals surface area contributed by atoms with E-state index in [0.29, 0.717) is 30.4 Å². The SMILES string of the molecule is CCCC(CCOC(=O)C(C)=CCCO)=C(C)C(=O)O. The van der Waals surface area contributed by atoms with Gasteiger partial charge in [0.1, 0.15) is 0 Å². The second-order valence-electron chi connectivity index (χ2n) is 4.57. The molecule has 0 aromatic heterocycles. The first-order valence-corrected chi connectivity index (χ1v) is 6.80. The monoisotopic (exact) mass is 284 g/mol. The van der Waals surface area contributed by atoms with E-state index in [4.69, 9.17) is 14.9 Å². The molecular weight excluding hydrogens is 260 g/mol. The minimum atomic E-state index is -0.932. The predicted octanol–water partition coefficient (Wildman–Crippen LogP) is 2.45. The summed E-state index contributed by atoms with van der Waals surface area (Å²) in [4.78, 5) is 22.5. The molecule has 0 spiro atoms. The molecule has 0 atom stereocenters. The third kappa shape index (κ3) is 7.09. The lowest BCUT2D eigenvalue weighted by Gasteiger charge is -2.10. The molecule has 0 saturated carbocycles. The highest BCUT2D eigenvalue weighted by Crippen LogP contribution is 2.16. The molecule has 0 amide bonds. The van der Waals surface area contributed by atoms with Crippen molar-refractivity contribution in [2.24, 2.45) is 0 Å². The Morgan fingerprint density at radius 1 is 1.20 bits per heavy atom. The van der Waals surface area contributed by atoms with Crippen molar-refractivity contribution in [1.29, 1.82) is 0 Å². The van der Waals surface area contributed by atoms with Gasteiger partial charge < -0.3 is 14.9 Å². The van der Waals surface area contributed by atoms with Gasteiger partial charge in [-0.05, 0) is 26.7 Å². The highest BCUT2D eigenvalue weighted by atomic mass is 16.5. The van der Waals surface area contributed by atoms with Crippen molar-refractivity contribution >= 4 is 11.9 Å². The molecule has 0 aromatic rings. The molecular formula is C15H24O5. The Kier molecular flexibility index (Phi) is 9.38. The molecule has 0 rings (SSSR count). The van der Waals surface area contributed by atoms with Crippen LogP contribution >= 0.6 is 0 Å². The zero-order chi connectivity index (χ0) is 15.5. The Hall–Kier alpha value is -1.62. The van der Waals surface area contributed by atoms with Crippen LogP contribution in [-0.2, 0) is 14.3 Å². The van der Waals surface area contributed by atoms with Crippen molar-refractivity contribution in [3.63, 3.8) is 0 Å². The summed E-state index contributed by atoms with van der Waals surface area (Å²) < 4.78 is 5.09. The Balaban J connectivity index is 4.42. The fourth-order valence-corrected chi connectivity index (χ4v) is 1.70. The number of aliphatic carboxylic acids is 1. The first-order chi connectivity index (χ1) is 9.43. The second-order valence-corrected chi connectivity index (χ2v) is 4.57. The summed E-state index contributed by atoms with van der Waals surface area (Å²) >= 11 is 0. The zero-order valence-electron chi connectivity index (χ0n) is 12.4. The standard InChI is InChI=1S/C15H24O5/c1-4-6-13(12(3)14(17)18)8-10-20-15(19)11(2)7-5-9-16/h7,16H,4-6,8-10H2,1-3H3,(H,17,18). The lowest BCUT2D eigenvalue weighted by atomic mass is 10.0. The Bertz CT molecular complexity index is 393. The summed E-state index contributed by atoms with van der Waals surface area (Å²) in [6.45, 7) is 5.34. The maximum atomic E-state index is 11.6. The van der Waals surface area contributed by atoms with E-state index in [-0.39, 0.29) is 13.2 Å². The molecule has 0 saturated heterocycles. The van der Waals surface area contributed by atoms with Gasteiger partial charge in [0.15, 0.2) is 0 Å². The number of carboxylic acid groups (broad SMARTS) is 1. The number of rotatable bonds is 9. The zero-order valence-corrected chi connectivity index (χ0v) is 12.4. The molecule has 0 aromatic carbocycles. The van der Waals surface area contributed by atoms with Crippen LogP contribution in [0.25, 0.3) is 0 Å². The van der Waals surface area contributed by atoms with Crippen LogP contribution in [-0.4, -0.2) is 35.4 Å². The number of ether oxygens (including phenoxy) is 1. The van der Waals surface area contributed by atoms with Crippen molar-refractivity contribution in [1.82, 2.24) is 0 Å². The molecule has 0 aliphatic heterocycles. The summed E-state index contributed by atoms with van der Waals surface area (Å²) in [5.74, 6) is -1.36. The lowest BCUT2D eigenvalue weighted by molar-refractivity contribution is -0.138. The highest BCUT2D eigenvalue weighted by Gasteiger charge is 2.10. The van der Waals surface area contributed by atoms with Gasteiger partial charge in [-0.3, -0.25) is 0 Å². The molecule has 5 nitrogen and oxygen atoms in total. The molecule has 114 valence electrons. The van der Waals surface area contributed by atoms with Gasteiger partial charge in [0.25, 0.3) is 0 Å². The van der Waals surface area contributed by atoms with Gasteiger partial charge in [0.2, 0.25) is 0 Å². The van der Waals surface area contributed by atoms with E-state index in [9.17, 15) is 9.59 Å². The molecule has 0 bridgehead atoms. The smallest absolute Gasteiger partial charge is 0.333 e. The van der Waals surface area contributed by atoms with E-state index in [0.717, 1.165) is 12.0 Å². The highest BCUT2D eigenvalue weighted by molar-refractivity contribution is 5.88. The van der Waals surface area contributed by atoms with Crippen molar-refractivity contribution in [3.05, 3.63) is 22.8 Å². The summed E-state index contributed by atoms with van der Waals surface area (Å²) in [6, 6.07) is 0. The van der Waals surface area contributed by atoms with E-state index < -0.39 is 11.9 Å². The Labute approximate surface area is 119 Å². The molecule has 0 aliphatic carbocycles. The van der Waals surface area contributed by atoms with Crippen LogP contribution in [0.15, 0.2) is 22.8 Å². The van der Waals surface area contributed by atoms with Crippen LogP contribution in [0.2, 0.25) is 0 Å². The van der Waals surface area contributed by atoms with E-state index >= 15 is 0 Å². The maximum Gasteiger partial charge on any atom is 0.333 e. The number of hydrogen-bond donors (Lipinski definition) is 2. The van der Waals surface area contributed by atoms with Gasteiger partial charge in [0.05, 0.1) is 6.61 Å². The van der Waals surface area contributed by atoms with Crippen molar-refractivity contribution < 1.29 is 24.5 Å². The van der Waals surface area contributed by atoms with Crippen LogP contribution in [0.4, 0.5) is 0 Å². The summed E-state index contributed by atoms with van der Waals surface area (Å²) in [7, 11) is 0. The first kappa shape index (κ1) is 18.4. The number of hydrogen-bond acceptors (Lipinski definition) is 4. The van der Waals surface area contributed by atoms with Crippen LogP contribution < -0.4 is 0 Å². The van der Waals surface area contributed by atoms with Crippen LogP contribution in [0, 0.1) is 0 Å². The van der Waals surface area contributed by atoms with E-state index in [2.05, 4.69) is 0 Å². The first-order valence-electron chi connectivity index (χ1n) is 6.80. The average Bonchev–Trinajstić information content (AvgIpc) is 2.42. The lowest BCUT2D eigenvalue weighted by Crippen LogP contribution is -2.09. The normalized spacial score (nSPS) is 12.9. The van der Waals surface area contributed by atoms with E-state index in [1.165, 1.54) is 0 Å². The van der Waals surface area contributed by atoms with Crippen LogP contribution in [0.1, 0.15) is 46.5 Å². The number of aliphatic hydroxyl groups is 1. The van der Waals surface area contributed by atoms with Crippen molar-refractivity contribution in [2.45, 2.75) is 46.5 Å². The fourth-order valence-electron chi connectivity index (χ4n) is 1.70. The van der Waals surface area contributed by atoms with Gasteiger partial charge >= 0.3 is 11.9 Å². The summed E-state index contributed by atoms with van der Waals surface area (Å²) in [6.07, 6.45) is 4.01. The van der Waals surface area contributed by atoms with Gasteiger partial charge in [-0.15, -0.1) is 0 Å². The molecule has 20 heavy (non-hydrogen) atoms. The molecule has 0 heterocycles. The molecule has 0 aliphatic rings. The number of carbonyl (C=O) groups excluding carboxylic acids is 1. The van der Waals surface area contributed by atoms with Gasteiger partial charge in [-0.25, -0.2) is 9.59 Å². The number of esters is 1. The topological polar surface area (TPSA) is 83.8 Å². The van der Waals surface area contributed by atoms with Gasteiger partial charge in [-0.1, -0.05) is 25.0 Å². The maximum absolute atomic E-state index is 11.6. The largest absolute Gasteiger partial charge is 0.478 e. The van der Waals surface area contributed by atoms with Gasteiger partial charge in [0, 0.05) is 24.2 Å². The van der Waals surface area contributed by atoms with Crippen molar-refractivity contribution in [3.8, 4) is 0 Å². The number of carboxylic acids is 1. The molecule has 0 unspecified atom stereocenters. The van der Waals surface area contributed by atoms with E-state index in [1.807, 2.05) is 6.92 Å². The Morgan fingerprint density at radius 2 is 1.85 bits per heavy atom. The average molecular weight is 284 g/mol. The number of aliphatic hydroxyl groups excluding tert-OH is 1. The Morgan fingerprint density at radius 3 is 2.35 bits per heavy atom. The molecule has 0 radical (unpaired) electrons.